The molecular formula is C14H18N2O3. The number of benzene rings is 1. The van der Waals surface area contributed by atoms with Gasteiger partial charge in [0, 0.05) is 23.8 Å². The lowest BCUT2D eigenvalue weighted by molar-refractivity contribution is -0.120. The first-order chi connectivity index (χ1) is 9.17. The topological polar surface area (TPSA) is 70.6 Å². The molecule has 1 amide bonds. The standard InChI is InChI=1S/C14H18N2O3/c1-19-13-5-3-9(7-12(13)17)16-14(18)10-6-8-2-4-11(10)15-8/h3,5,7-8,10-11,15,17H,2,4,6H2,1H3,(H,16,18). The molecule has 2 bridgehead atoms. The molecule has 1 aromatic carbocycles. The van der Waals surface area contributed by atoms with E-state index in [9.17, 15) is 9.90 Å². The molecule has 3 unspecified atom stereocenters. The van der Waals surface area contributed by atoms with Crippen molar-refractivity contribution in [2.75, 3.05) is 12.4 Å². The molecule has 0 radical (unpaired) electrons. The van der Waals surface area contributed by atoms with Crippen LogP contribution in [0, 0.1) is 5.92 Å². The van der Waals surface area contributed by atoms with Gasteiger partial charge in [-0.15, -0.1) is 0 Å². The highest BCUT2D eigenvalue weighted by molar-refractivity contribution is 5.93. The van der Waals surface area contributed by atoms with Gasteiger partial charge in [0.2, 0.25) is 5.91 Å². The van der Waals surface area contributed by atoms with E-state index >= 15 is 0 Å². The molecule has 0 aromatic heterocycles. The van der Waals surface area contributed by atoms with E-state index in [4.69, 9.17) is 4.74 Å². The number of methoxy groups -OCH3 is 1. The summed E-state index contributed by atoms with van der Waals surface area (Å²) in [6.45, 7) is 0. The maximum Gasteiger partial charge on any atom is 0.229 e. The van der Waals surface area contributed by atoms with Crippen LogP contribution >= 0.6 is 0 Å². The molecule has 5 heteroatoms. The van der Waals surface area contributed by atoms with Crippen molar-refractivity contribution < 1.29 is 14.6 Å². The summed E-state index contributed by atoms with van der Waals surface area (Å²) in [5.74, 6) is 0.512. The van der Waals surface area contributed by atoms with Crippen molar-refractivity contribution >= 4 is 11.6 Å². The van der Waals surface area contributed by atoms with Gasteiger partial charge in [-0.1, -0.05) is 0 Å². The van der Waals surface area contributed by atoms with Crippen molar-refractivity contribution in [1.82, 2.24) is 5.32 Å². The number of carbonyl (C=O) groups excluding carboxylic acids is 1. The van der Waals surface area contributed by atoms with Crippen molar-refractivity contribution in [2.24, 2.45) is 5.92 Å². The molecule has 2 fully saturated rings. The maximum absolute atomic E-state index is 12.2. The van der Waals surface area contributed by atoms with Crippen LogP contribution in [0.4, 0.5) is 5.69 Å². The molecule has 0 aliphatic carbocycles. The van der Waals surface area contributed by atoms with E-state index < -0.39 is 0 Å². The molecule has 0 saturated carbocycles. The average Bonchev–Trinajstić information content (AvgIpc) is 3.01. The molecule has 2 saturated heterocycles. The third-order valence-electron chi connectivity index (χ3n) is 4.08. The summed E-state index contributed by atoms with van der Waals surface area (Å²) >= 11 is 0. The van der Waals surface area contributed by atoms with E-state index in [0.29, 0.717) is 23.5 Å². The van der Waals surface area contributed by atoms with Gasteiger partial charge >= 0.3 is 0 Å². The summed E-state index contributed by atoms with van der Waals surface area (Å²) in [4.78, 5) is 12.2. The Kier molecular flexibility index (Phi) is 3.06. The smallest absolute Gasteiger partial charge is 0.229 e. The van der Waals surface area contributed by atoms with Gasteiger partial charge in [-0.2, -0.15) is 0 Å². The molecule has 3 N–H and O–H groups in total. The SMILES string of the molecule is COc1ccc(NC(=O)C2CC3CCC2N3)cc1O. The largest absolute Gasteiger partial charge is 0.504 e. The van der Waals surface area contributed by atoms with Gasteiger partial charge in [-0.3, -0.25) is 4.79 Å². The van der Waals surface area contributed by atoms with E-state index in [1.165, 1.54) is 19.6 Å². The molecule has 3 atom stereocenters. The zero-order valence-electron chi connectivity index (χ0n) is 10.8. The first-order valence-corrected chi connectivity index (χ1v) is 6.61. The maximum atomic E-state index is 12.2. The van der Waals surface area contributed by atoms with E-state index in [0.717, 1.165) is 12.8 Å². The third kappa shape index (κ3) is 2.26. The minimum absolute atomic E-state index is 0.0317. The highest BCUT2D eigenvalue weighted by Crippen LogP contribution is 2.34. The molecule has 2 aliphatic rings. The first-order valence-electron chi connectivity index (χ1n) is 6.61. The number of phenolic OH excluding ortho intramolecular Hbond substituents is 1. The fourth-order valence-corrected chi connectivity index (χ4v) is 3.12. The van der Waals surface area contributed by atoms with Crippen LogP contribution in [0.3, 0.4) is 0 Å². The molecule has 2 heterocycles. The first kappa shape index (κ1) is 12.3. The van der Waals surface area contributed by atoms with Crippen LogP contribution in [0.5, 0.6) is 11.5 Å². The molecule has 3 rings (SSSR count). The summed E-state index contributed by atoms with van der Waals surface area (Å²) < 4.78 is 4.97. The number of anilines is 1. The molecule has 2 aliphatic heterocycles. The number of hydrogen-bond donors (Lipinski definition) is 3. The van der Waals surface area contributed by atoms with Crippen molar-refractivity contribution in [2.45, 2.75) is 31.3 Å². The summed E-state index contributed by atoms with van der Waals surface area (Å²) in [6, 6.07) is 5.71. The Bertz CT molecular complexity index is 503. The predicted octanol–water partition coefficient (Wildman–Crippen LogP) is 1.48. The van der Waals surface area contributed by atoms with Crippen LogP contribution in [-0.4, -0.2) is 30.2 Å². The number of fused-ring (bicyclic) bond motifs is 2. The van der Waals surface area contributed by atoms with Crippen molar-refractivity contribution in [1.29, 1.82) is 0 Å². The number of nitrogens with one attached hydrogen (secondary N) is 2. The lowest BCUT2D eigenvalue weighted by Gasteiger charge is -2.19. The van der Waals surface area contributed by atoms with Crippen LogP contribution in [0.2, 0.25) is 0 Å². The quantitative estimate of drug-likeness (QED) is 0.771. The van der Waals surface area contributed by atoms with Crippen LogP contribution in [0.1, 0.15) is 19.3 Å². The van der Waals surface area contributed by atoms with Crippen molar-refractivity contribution in [3.63, 3.8) is 0 Å². The monoisotopic (exact) mass is 262 g/mol. The molecule has 1 aromatic rings. The number of ether oxygens (including phenoxy) is 1. The van der Waals surface area contributed by atoms with Gasteiger partial charge in [-0.25, -0.2) is 0 Å². The van der Waals surface area contributed by atoms with Gasteiger partial charge in [0.05, 0.1) is 13.0 Å². The molecule has 0 spiro atoms. The number of phenols is 1. The normalized spacial score (nSPS) is 28.4. The van der Waals surface area contributed by atoms with Crippen LogP contribution < -0.4 is 15.4 Å². The summed E-state index contributed by atoms with van der Waals surface area (Å²) in [5.41, 5.74) is 0.603. The third-order valence-corrected chi connectivity index (χ3v) is 4.08. The number of aromatic hydroxyl groups is 1. The number of carbonyl (C=O) groups is 1. The van der Waals surface area contributed by atoms with Gasteiger partial charge in [0.1, 0.15) is 0 Å². The van der Waals surface area contributed by atoms with Crippen molar-refractivity contribution in [3.05, 3.63) is 18.2 Å². The Morgan fingerprint density at radius 2 is 2.32 bits per heavy atom. The zero-order valence-corrected chi connectivity index (χ0v) is 10.8. The summed E-state index contributed by atoms with van der Waals surface area (Å²) in [5, 5.41) is 16.0. The second-order valence-corrected chi connectivity index (χ2v) is 5.27. The minimum atomic E-state index is 0.0317. The Hall–Kier alpha value is -1.75. The zero-order chi connectivity index (χ0) is 13.4. The highest BCUT2D eigenvalue weighted by atomic mass is 16.5. The lowest BCUT2D eigenvalue weighted by Crippen LogP contribution is -2.32. The molecular weight excluding hydrogens is 244 g/mol. The fraction of sp³-hybridized carbons (Fsp3) is 0.500. The van der Waals surface area contributed by atoms with E-state index in [2.05, 4.69) is 10.6 Å². The summed E-state index contributed by atoms with van der Waals surface area (Å²) in [6.07, 6.45) is 3.17. The number of hydrogen-bond acceptors (Lipinski definition) is 4. The van der Waals surface area contributed by atoms with Crippen LogP contribution in [0.15, 0.2) is 18.2 Å². The van der Waals surface area contributed by atoms with Gasteiger partial charge in [0.15, 0.2) is 11.5 Å². The Morgan fingerprint density at radius 3 is 2.89 bits per heavy atom. The number of amides is 1. The van der Waals surface area contributed by atoms with Gasteiger partial charge in [-0.05, 0) is 31.4 Å². The van der Waals surface area contributed by atoms with Gasteiger partial charge < -0.3 is 20.5 Å². The van der Waals surface area contributed by atoms with Crippen LogP contribution in [-0.2, 0) is 4.79 Å². The van der Waals surface area contributed by atoms with E-state index in [-0.39, 0.29) is 17.6 Å². The van der Waals surface area contributed by atoms with E-state index in [1.807, 2.05) is 0 Å². The summed E-state index contributed by atoms with van der Waals surface area (Å²) in [7, 11) is 1.49. The molecule has 5 nitrogen and oxygen atoms in total. The highest BCUT2D eigenvalue weighted by Gasteiger charge is 2.42. The average molecular weight is 262 g/mol. The second-order valence-electron chi connectivity index (χ2n) is 5.27. The Morgan fingerprint density at radius 1 is 1.47 bits per heavy atom. The van der Waals surface area contributed by atoms with Gasteiger partial charge in [0.25, 0.3) is 0 Å². The Labute approximate surface area is 112 Å². The second kappa shape index (κ2) is 4.74. The van der Waals surface area contributed by atoms with Crippen molar-refractivity contribution in [3.8, 4) is 11.5 Å². The molecule has 19 heavy (non-hydrogen) atoms. The Balaban J connectivity index is 1.68. The fourth-order valence-electron chi connectivity index (χ4n) is 3.12. The number of rotatable bonds is 3. The van der Waals surface area contributed by atoms with E-state index in [1.54, 1.807) is 12.1 Å². The minimum Gasteiger partial charge on any atom is -0.504 e. The van der Waals surface area contributed by atoms with Crippen LogP contribution in [0.25, 0.3) is 0 Å². The predicted molar refractivity (Wildman–Crippen MR) is 71.3 cm³/mol. The molecule has 102 valence electrons. The lowest BCUT2D eigenvalue weighted by atomic mass is 9.88.